The number of benzene rings is 2. The fraction of sp³-hybridized carbons (Fsp3) is 0.278. The zero-order valence-electron chi connectivity index (χ0n) is 14.3. The molecule has 1 fully saturated rings. The molecule has 5 nitrogen and oxygen atoms in total. The van der Waals surface area contributed by atoms with Crippen molar-refractivity contribution in [2.75, 3.05) is 19.5 Å². The van der Waals surface area contributed by atoms with Gasteiger partial charge >= 0.3 is 0 Å². The second-order valence-corrected chi connectivity index (χ2v) is 6.16. The minimum Gasteiger partial charge on any atom is -0.497 e. The van der Waals surface area contributed by atoms with Crippen molar-refractivity contribution < 1.29 is 13.9 Å². The van der Waals surface area contributed by atoms with E-state index in [2.05, 4.69) is 10.3 Å². The molecular formula is C18H20ClFIN3O2. The van der Waals surface area contributed by atoms with Gasteiger partial charge in [0.25, 0.3) is 0 Å². The lowest BCUT2D eigenvalue weighted by Gasteiger charge is -2.12. The maximum atomic E-state index is 14.0. The summed E-state index contributed by atoms with van der Waals surface area (Å²) in [6, 6.07) is 9.90. The van der Waals surface area contributed by atoms with Gasteiger partial charge in [-0.2, -0.15) is 0 Å². The van der Waals surface area contributed by atoms with Crippen LogP contribution in [-0.2, 0) is 0 Å². The average Bonchev–Trinajstić information content (AvgIpc) is 3.33. The molecule has 1 saturated carbocycles. The summed E-state index contributed by atoms with van der Waals surface area (Å²) in [5.74, 6) is 1.14. The van der Waals surface area contributed by atoms with Crippen LogP contribution in [0.3, 0.4) is 0 Å². The second kappa shape index (κ2) is 8.77. The van der Waals surface area contributed by atoms with Crippen molar-refractivity contribution in [3.8, 4) is 11.5 Å². The van der Waals surface area contributed by atoms with E-state index >= 15 is 0 Å². The predicted octanol–water partition coefficient (Wildman–Crippen LogP) is 4.40. The molecule has 0 amide bonds. The number of hydrogen-bond donors (Lipinski definition) is 2. The largest absolute Gasteiger partial charge is 0.497 e. The summed E-state index contributed by atoms with van der Waals surface area (Å²) in [6.07, 6.45) is 0.707. The number of halogens is 3. The van der Waals surface area contributed by atoms with Crippen LogP contribution < -0.4 is 20.5 Å². The van der Waals surface area contributed by atoms with Crippen LogP contribution in [0.1, 0.15) is 17.9 Å². The molecule has 2 atom stereocenters. The van der Waals surface area contributed by atoms with Crippen molar-refractivity contribution in [2.45, 2.75) is 18.4 Å². The van der Waals surface area contributed by atoms with Crippen LogP contribution in [0.5, 0.6) is 11.5 Å². The SMILES string of the molecule is COc1ccc(OC)c(NC(N)=NC2CC2c2c(F)cccc2Cl)c1.I. The minimum atomic E-state index is -0.309. The first-order valence-electron chi connectivity index (χ1n) is 7.79. The van der Waals surface area contributed by atoms with Crippen molar-refractivity contribution >= 4 is 47.2 Å². The zero-order chi connectivity index (χ0) is 18.0. The number of rotatable bonds is 5. The molecule has 0 spiro atoms. The molecule has 2 unspecified atom stereocenters. The smallest absolute Gasteiger partial charge is 0.193 e. The fourth-order valence-electron chi connectivity index (χ4n) is 2.76. The number of hydrogen-bond acceptors (Lipinski definition) is 3. The highest BCUT2D eigenvalue weighted by molar-refractivity contribution is 14.0. The van der Waals surface area contributed by atoms with Gasteiger partial charge in [-0.25, -0.2) is 9.38 Å². The molecule has 0 bridgehead atoms. The van der Waals surface area contributed by atoms with E-state index < -0.39 is 0 Å². The molecule has 2 aromatic carbocycles. The first-order valence-corrected chi connectivity index (χ1v) is 8.17. The average molecular weight is 492 g/mol. The standard InChI is InChI=1S/C18H19ClFN3O2.HI/c1-24-10-6-7-16(25-2)15(8-10)23-18(21)22-14-9-11(14)17-12(19)4-3-5-13(17)20;/h3-8,11,14H,9H2,1-2H3,(H3,21,22,23);1H. The minimum absolute atomic E-state index is 0. The Morgan fingerprint density at radius 3 is 2.69 bits per heavy atom. The van der Waals surface area contributed by atoms with E-state index in [1.807, 2.05) is 0 Å². The summed E-state index contributed by atoms with van der Waals surface area (Å²) in [5, 5.41) is 3.42. The Balaban J connectivity index is 0.00000243. The van der Waals surface area contributed by atoms with E-state index in [4.69, 9.17) is 26.8 Å². The van der Waals surface area contributed by atoms with E-state index in [0.717, 1.165) is 0 Å². The first kappa shape index (κ1) is 20.6. The first-order chi connectivity index (χ1) is 12.0. The van der Waals surface area contributed by atoms with E-state index in [1.165, 1.54) is 6.07 Å². The van der Waals surface area contributed by atoms with Crippen LogP contribution in [-0.4, -0.2) is 26.2 Å². The quantitative estimate of drug-likeness (QED) is 0.370. The topological polar surface area (TPSA) is 68.9 Å². The highest BCUT2D eigenvalue weighted by atomic mass is 127. The van der Waals surface area contributed by atoms with Gasteiger partial charge in [-0.3, -0.25) is 0 Å². The Kier molecular flexibility index (Phi) is 6.94. The maximum Gasteiger partial charge on any atom is 0.193 e. The third-order valence-corrected chi connectivity index (χ3v) is 4.43. The van der Waals surface area contributed by atoms with Crippen LogP contribution in [0.25, 0.3) is 0 Å². The molecule has 1 aliphatic carbocycles. The molecule has 0 radical (unpaired) electrons. The van der Waals surface area contributed by atoms with Gasteiger partial charge in [0.15, 0.2) is 5.96 Å². The molecule has 140 valence electrons. The Hall–Kier alpha value is -1.74. The highest BCUT2D eigenvalue weighted by Crippen LogP contribution is 2.47. The summed E-state index contributed by atoms with van der Waals surface area (Å²) in [6.45, 7) is 0. The summed E-state index contributed by atoms with van der Waals surface area (Å²) >= 11 is 6.10. The highest BCUT2D eigenvalue weighted by Gasteiger charge is 2.41. The fourth-order valence-corrected chi connectivity index (χ4v) is 3.06. The third kappa shape index (κ3) is 4.50. The molecule has 3 N–H and O–H groups in total. The van der Waals surface area contributed by atoms with Gasteiger partial charge in [-0.05, 0) is 30.7 Å². The lowest BCUT2D eigenvalue weighted by molar-refractivity contribution is 0.405. The van der Waals surface area contributed by atoms with Gasteiger partial charge in [0.05, 0.1) is 25.9 Å². The predicted molar refractivity (Wildman–Crippen MR) is 113 cm³/mol. The van der Waals surface area contributed by atoms with Gasteiger partial charge in [0.1, 0.15) is 17.3 Å². The normalized spacial score (nSPS) is 18.7. The van der Waals surface area contributed by atoms with Crippen molar-refractivity contribution in [1.82, 2.24) is 0 Å². The molecule has 2 aromatic rings. The van der Waals surface area contributed by atoms with Gasteiger partial charge < -0.3 is 20.5 Å². The molecule has 1 aliphatic rings. The van der Waals surface area contributed by atoms with Crippen molar-refractivity contribution in [3.05, 3.63) is 52.8 Å². The number of methoxy groups -OCH3 is 2. The molecule has 0 saturated heterocycles. The van der Waals surface area contributed by atoms with Crippen LogP contribution in [0.2, 0.25) is 5.02 Å². The molecule has 0 aromatic heterocycles. The Labute approximate surface area is 173 Å². The summed E-state index contributed by atoms with van der Waals surface area (Å²) in [4.78, 5) is 4.42. The molecule has 8 heteroatoms. The third-order valence-electron chi connectivity index (χ3n) is 4.10. The molecular weight excluding hydrogens is 472 g/mol. The van der Waals surface area contributed by atoms with E-state index in [0.29, 0.717) is 34.2 Å². The lowest BCUT2D eigenvalue weighted by Crippen LogP contribution is -2.23. The Morgan fingerprint density at radius 2 is 2.04 bits per heavy atom. The van der Waals surface area contributed by atoms with Crippen LogP contribution >= 0.6 is 35.6 Å². The number of nitrogens with two attached hydrogens (primary N) is 1. The number of anilines is 1. The number of aliphatic imine (C=N–C) groups is 1. The monoisotopic (exact) mass is 491 g/mol. The van der Waals surface area contributed by atoms with E-state index in [1.54, 1.807) is 44.6 Å². The van der Waals surface area contributed by atoms with Crippen LogP contribution in [0.15, 0.2) is 41.4 Å². The van der Waals surface area contributed by atoms with Crippen molar-refractivity contribution in [3.63, 3.8) is 0 Å². The summed E-state index contributed by atoms with van der Waals surface area (Å²) in [5.41, 5.74) is 7.14. The van der Waals surface area contributed by atoms with Gasteiger partial charge in [0.2, 0.25) is 0 Å². The Morgan fingerprint density at radius 1 is 1.27 bits per heavy atom. The van der Waals surface area contributed by atoms with Crippen molar-refractivity contribution in [2.24, 2.45) is 10.7 Å². The van der Waals surface area contributed by atoms with Gasteiger partial charge in [0, 0.05) is 22.6 Å². The van der Waals surface area contributed by atoms with Crippen LogP contribution in [0.4, 0.5) is 10.1 Å². The van der Waals surface area contributed by atoms with E-state index in [-0.39, 0.29) is 47.7 Å². The molecule has 0 aliphatic heterocycles. The number of ether oxygens (including phenoxy) is 2. The lowest BCUT2D eigenvalue weighted by atomic mass is 10.1. The summed E-state index contributed by atoms with van der Waals surface area (Å²) in [7, 11) is 3.15. The van der Waals surface area contributed by atoms with Gasteiger partial charge in [-0.15, -0.1) is 24.0 Å². The molecule has 0 heterocycles. The number of guanidine groups is 1. The van der Waals surface area contributed by atoms with Crippen molar-refractivity contribution in [1.29, 1.82) is 0 Å². The van der Waals surface area contributed by atoms with Gasteiger partial charge in [-0.1, -0.05) is 17.7 Å². The molecule has 3 rings (SSSR count). The second-order valence-electron chi connectivity index (χ2n) is 5.75. The number of nitrogens with zero attached hydrogens (tertiary/aromatic N) is 1. The molecule has 26 heavy (non-hydrogen) atoms. The zero-order valence-corrected chi connectivity index (χ0v) is 17.4. The summed E-state index contributed by atoms with van der Waals surface area (Å²) < 4.78 is 24.5. The van der Waals surface area contributed by atoms with Crippen LogP contribution in [0, 0.1) is 5.82 Å². The Bertz CT molecular complexity index is 799. The maximum absolute atomic E-state index is 14.0. The number of nitrogens with one attached hydrogen (secondary N) is 1. The van der Waals surface area contributed by atoms with E-state index in [9.17, 15) is 4.39 Å².